The van der Waals surface area contributed by atoms with Crippen LogP contribution in [0.3, 0.4) is 0 Å². The molecule has 2 aliphatic rings. The molecular formula is C30H28ClF5N2. The lowest BCUT2D eigenvalue weighted by Gasteiger charge is -2.39. The molecule has 0 atom stereocenters. The van der Waals surface area contributed by atoms with Crippen molar-refractivity contribution < 1.29 is 22.0 Å². The van der Waals surface area contributed by atoms with E-state index >= 15 is 4.39 Å². The van der Waals surface area contributed by atoms with E-state index in [0.29, 0.717) is 66.8 Å². The van der Waals surface area contributed by atoms with Gasteiger partial charge in [-0.1, -0.05) is 48.0 Å². The summed E-state index contributed by atoms with van der Waals surface area (Å²) in [7, 11) is 0. The maximum atomic E-state index is 15.5. The minimum atomic E-state index is -4.65. The SMILES string of the molecule is FCCCN1CC(Cc2ccc(C3=C(c4ncc(Cl)cc4C(F)(F)F)CCCc4ccccc43)cc2F)C1. The van der Waals surface area contributed by atoms with Crippen LogP contribution in [0.2, 0.25) is 5.02 Å². The van der Waals surface area contributed by atoms with E-state index in [1.54, 1.807) is 12.1 Å². The highest BCUT2D eigenvalue weighted by Gasteiger charge is 2.36. The quantitative estimate of drug-likeness (QED) is 0.279. The highest BCUT2D eigenvalue weighted by atomic mass is 35.5. The number of halogens is 6. The molecule has 1 fully saturated rings. The molecule has 0 radical (unpaired) electrons. The Morgan fingerprint density at radius 3 is 2.55 bits per heavy atom. The van der Waals surface area contributed by atoms with E-state index in [4.69, 9.17) is 11.6 Å². The topological polar surface area (TPSA) is 16.1 Å². The van der Waals surface area contributed by atoms with E-state index in [0.717, 1.165) is 30.3 Å². The molecule has 0 amide bonds. The molecule has 0 bridgehead atoms. The maximum Gasteiger partial charge on any atom is 0.418 e. The summed E-state index contributed by atoms with van der Waals surface area (Å²) in [6.07, 6.45) is -0.648. The number of aromatic nitrogens is 1. The molecule has 0 N–H and O–H groups in total. The summed E-state index contributed by atoms with van der Waals surface area (Å²) in [5.41, 5.74) is 2.86. The van der Waals surface area contributed by atoms with E-state index in [1.807, 2.05) is 24.3 Å². The number of hydrogen-bond donors (Lipinski definition) is 0. The molecule has 8 heteroatoms. The minimum absolute atomic E-state index is 0.0908. The highest BCUT2D eigenvalue weighted by Crippen LogP contribution is 2.44. The van der Waals surface area contributed by atoms with Crippen LogP contribution < -0.4 is 0 Å². The standard InChI is InChI=1S/C30H28ClF5N2/c31-23-15-26(30(34,35)36)29(37-16-23)25-8-3-6-20-5-1-2-7-24(20)28(25)22-10-9-21(27(33)14-22)13-19-17-38(18-19)12-4-11-32/h1-2,5,7,9-10,14-16,19H,3-4,6,8,11-13,17-18H2. The molecule has 0 spiro atoms. The van der Waals surface area contributed by atoms with E-state index in [-0.39, 0.29) is 23.2 Å². The Labute approximate surface area is 224 Å². The first kappa shape index (κ1) is 26.8. The smallest absolute Gasteiger partial charge is 0.303 e. The first-order chi connectivity index (χ1) is 18.2. The summed E-state index contributed by atoms with van der Waals surface area (Å²) in [5, 5.41) is -0.0908. The summed E-state index contributed by atoms with van der Waals surface area (Å²) >= 11 is 5.91. The highest BCUT2D eigenvalue weighted by molar-refractivity contribution is 6.30. The van der Waals surface area contributed by atoms with Crippen LogP contribution in [0.5, 0.6) is 0 Å². The number of likely N-dealkylation sites (tertiary alicyclic amines) is 1. The molecule has 200 valence electrons. The molecule has 3 aromatic rings. The lowest BCUT2D eigenvalue weighted by Crippen LogP contribution is -2.48. The number of fused-ring (bicyclic) bond motifs is 1. The van der Waals surface area contributed by atoms with Gasteiger partial charge in [-0.05, 0) is 83.6 Å². The van der Waals surface area contributed by atoms with Crippen molar-refractivity contribution in [1.29, 1.82) is 0 Å². The number of benzene rings is 2. The van der Waals surface area contributed by atoms with Crippen molar-refractivity contribution in [2.24, 2.45) is 5.92 Å². The van der Waals surface area contributed by atoms with E-state index in [9.17, 15) is 17.6 Å². The van der Waals surface area contributed by atoms with Gasteiger partial charge < -0.3 is 4.90 Å². The van der Waals surface area contributed by atoms with Crippen molar-refractivity contribution in [3.8, 4) is 0 Å². The van der Waals surface area contributed by atoms with Gasteiger partial charge in [-0.15, -0.1) is 0 Å². The summed E-state index contributed by atoms with van der Waals surface area (Å²) in [6, 6.07) is 13.5. The third-order valence-corrected chi connectivity index (χ3v) is 7.60. The van der Waals surface area contributed by atoms with Crippen LogP contribution in [0.4, 0.5) is 22.0 Å². The lowest BCUT2D eigenvalue weighted by atomic mass is 9.86. The summed E-state index contributed by atoms with van der Waals surface area (Å²) in [5.74, 6) is -0.0747. The van der Waals surface area contributed by atoms with Crippen molar-refractivity contribution >= 4 is 22.7 Å². The van der Waals surface area contributed by atoms with E-state index in [1.165, 1.54) is 12.3 Å². The molecule has 5 rings (SSSR count). The predicted octanol–water partition coefficient (Wildman–Crippen LogP) is 8.02. The van der Waals surface area contributed by atoms with Gasteiger partial charge in [0.15, 0.2) is 0 Å². The van der Waals surface area contributed by atoms with Gasteiger partial charge in [-0.25, -0.2) is 4.39 Å². The Balaban J connectivity index is 1.56. The first-order valence-electron chi connectivity index (χ1n) is 12.9. The van der Waals surface area contributed by atoms with Gasteiger partial charge in [0.2, 0.25) is 0 Å². The van der Waals surface area contributed by atoms with Crippen molar-refractivity contribution in [2.45, 2.75) is 38.3 Å². The lowest BCUT2D eigenvalue weighted by molar-refractivity contribution is -0.138. The van der Waals surface area contributed by atoms with Crippen LogP contribution in [-0.2, 0) is 19.0 Å². The van der Waals surface area contributed by atoms with Crippen molar-refractivity contribution in [1.82, 2.24) is 9.88 Å². The molecule has 38 heavy (non-hydrogen) atoms. The Bertz CT molecular complexity index is 1340. The third kappa shape index (κ3) is 5.64. The molecule has 0 unspecified atom stereocenters. The molecule has 2 heterocycles. The van der Waals surface area contributed by atoms with Crippen LogP contribution in [-0.4, -0.2) is 36.2 Å². The molecule has 1 aromatic heterocycles. The van der Waals surface area contributed by atoms with Gasteiger partial charge in [-0.3, -0.25) is 9.37 Å². The van der Waals surface area contributed by atoms with E-state index < -0.39 is 11.7 Å². The number of alkyl halides is 4. The second-order valence-corrected chi connectivity index (χ2v) is 10.5. The fourth-order valence-electron chi connectivity index (χ4n) is 5.64. The number of pyridine rings is 1. The molecule has 1 saturated heterocycles. The minimum Gasteiger partial charge on any atom is -0.303 e. The molecule has 1 aliphatic carbocycles. The Kier molecular flexibility index (Phi) is 7.87. The average molecular weight is 547 g/mol. The second kappa shape index (κ2) is 11.1. The van der Waals surface area contributed by atoms with Crippen LogP contribution >= 0.6 is 11.6 Å². The second-order valence-electron chi connectivity index (χ2n) is 10.1. The molecule has 2 aromatic carbocycles. The average Bonchev–Trinajstić information content (AvgIpc) is 3.05. The number of allylic oxidation sites excluding steroid dienone is 1. The first-order valence-corrected chi connectivity index (χ1v) is 13.2. The third-order valence-electron chi connectivity index (χ3n) is 7.40. The fraction of sp³-hybridized carbons (Fsp3) is 0.367. The number of hydrogen-bond acceptors (Lipinski definition) is 2. The summed E-state index contributed by atoms with van der Waals surface area (Å²) < 4.78 is 70.1. The normalized spacial score (nSPS) is 16.8. The number of nitrogens with zero attached hydrogens (tertiary/aromatic N) is 2. The molecule has 0 saturated carbocycles. The zero-order valence-electron chi connectivity index (χ0n) is 20.8. The van der Waals surface area contributed by atoms with Crippen LogP contribution in [0, 0.1) is 11.7 Å². The number of aryl methyl sites for hydroxylation is 1. The van der Waals surface area contributed by atoms with Crippen LogP contribution in [0.1, 0.15) is 52.8 Å². The van der Waals surface area contributed by atoms with Gasteiger partial charge >= 0.3 is 6.18 Å². The Hall–Kier alpha value is -2.77. The van der Waals surface area contributed by atoms with Gasteiger partial charge in [0.1, 0.15) is 5.82 Å². The van der Waals surface area contributed by atoms with Gasteiger partial charge in [0.25, 0.3) is 0 Å². The predicted molar refractivity (Wildman–Crippen MR) is 140 cm³/mol. The van der Waals surface area contributed by atoms with E-state index in [2.05, 4.69) is 9.88 Å². The summed E-state index contributed by atoms with van der Waals surface area (Å²) in [4.78, 5) is 6.31. The molecule has 2 nitrogen and oxygen atoms in total. The maximum absolute atomic E-state index is 15.5. The molecule has 1 aliphatic heterocycles. The monoisotopic (exact) mass is 546 g/mol. The van der Waals surface area contributed by atoms with Gasteiger partial charge in [0, 0.05) is 25.8 Å². The fourth-order valence-corrected chi connectivity index (χ4v) is 5.80. The van der Waals surface area contributed by atoms with Crippen molar-refractivity contribution in [3.63, 3.8) is 0 Å². The van der Waals surface area contributed by atoms with Gasteiger partial charge in [0.05, 0.1) is 23.0 Å². The zero-order chi connectivity index (χ0) is 26.9. The Morgan fingerprint density at radius 1 is 1.03 bits per heavy atom. The molecular weight excluding hydrogens is 519 g/mol. The zero-order valence-corrected chi connectivity index (χ0v) is 21.6. The van der Waals surface area contributed by atoms with Crippen LogP contribution in [0.15, 0.2) is 54.7 Å². The van der Waals surface area contributed by atoms with Crippen LogP contribution in [0.25, 0.3) is 11.1 Å². The number of rotatable bonds is 7. The van der Waals surface area contributed by atoms with Gasteiger partial charge in [-0.2, -0.15) is 13.2 Å². The largest absolute Gasteiger partial charge is 0.418 e. The Morgan fingerprint density at radius 2 is 1.82 bits per heavy atom. The van der Waals surface area contributed by atoms with Crippen molar-refractivity contribution in [3.05, 3.63) is 99.1 Å². The summed E-state index contributed by atoms with van der Waals surface area (Å²) in [6.45, 7) is 2.00. The van der Waals surface area contributed by atoms with Crippen molar-refractivity contribution in [2.75, 3.05) is 26.3 Å².